The first kappa shape index (κ1) is 14.5. The van der Waals surface area contributed by atoms with Crippen LogP contribution in [0.3, 0.4) is 0 Å². The second-order valence-corrected chi connectivity index (χ2v) is 5.06. The molecule has 0 radical (unpaired) electrons. The second-order valence-electron chi connectivity index (χ2n) is 5.06. The fourth-order valence-corrected chi connectivity index (χ4v) is 2.52. The van der Waals surface area contributed by atoms with Gasteiger partial charge in [0.25, 0.3) is 0 Å². The molecule has 1 aromatic carbocycles. The van der Waals surface area contributed by atoms with E-state index in [2.05, 4.69) is 10.2 Å². The van der Waals surface area contributed by atoms with Crippen LogP contribution in [-0.4, -0.2) is 27.8 Å². The molecule has 0 N–H and O–H groups in total. The molecule has 0 fully saturated rings. The van der Waals surface area contributed by atoms with E-state index in [4.69, 9.17) is 9.47 Å². The molecular formula is C15H16FN3O3. The number of hydrogen-bond donors (Lipinski definition) is 0. The summed E-state index contributed by atoms with van der Waals surface area (Å²) in [6.45, 7) is 0.837. The van der Waals surface area contributed by atoms with Crippen LogP contribution in [0.2, 0.25) is 0 Å². The number of ether oxygens (including phenoxy) is 2. The summed E-state index contributed by atoms with van der Waals surface area (Å²) in [5.41, 5.74) is 0.0564. The van der Waals surface area contributed by atoms with Crippen LogP contribution in [0.4, 0.5) is 4.39 Å². The smallest absolute Gasteiger partial charge is 0.342 e. The monoisotopic (exact) mass is 305 g/mol. The van der Waals surface area contributed by atoms with Gasteiger partial charge in [-0.05, 0) is 31.0 Å². The number of methoxy groups -OCH3 is 1. The average molecular weight is 305 g/mol. The number of benzene rings is 1. The molecule has 22 heavy (non-hydrogen) atoms. The molecule has 0 amide bonds. The molecule has 0 bridgehead atoms. The lowest BCUT2D eigenvalue weighted by Crippen LogP contribution is -2.15. The van der Waals surface area contributed by atoms with Crippen molar-refractivity contribution < 1.29 is 18.7 Å². The van der Waals surface area contributed by atoms with Crippen molar-refractivity contribution in [3.05, 3.63) is 41.2 Å². The summed E-state index contributed by atoms with van der Waals surface area (Å²) >= 11 is 0. The quantitative estimate of drug-likeness (QED) is 0.809. The average Bonchev–Trinajstić information content (AvgIpc) is 2.96. The van der Waals surface area contributed by atoms with Crippen LogP contribution in [0.5, 0.6) is 5.75 Å². The predicted octanol–water partition coefficient (Wildman–Crippen LogP) is 2.12. The van der Waals surface area contributed by atoms with Crippen molar-refractivity contribution in [3.8, 4) is 5.75 Å². The number of nitrogens with zero attached hydrogens (tertiary/aromatic N) is 3. The van der Waals surface area contributed by atoms with E-state index in [0.29, 0.717) is 5.82 Å². The van der Waals surface area contributed by atoms with E-state index in [9.17, 15) is 9.18 Å². The Morgan fingerprint density at radius 1 is 1.36 bits per heavy atom. The van der Waals surface area contributed by atoms with Gasteiger partial charge in [-0.25, -0.2) is 9.18 Å². The highest BCUT2D eigenvalue weighted by atomic mass is 19.1. The molecule has 6 nitrogen and oxygen atoms in total. The predicted molar refractivity (Wildman–Crippen MR) is 75.0 cm³/mol. The van der Waals surface area contributed by atoms with E-state index < -0.39 is 11.8 Å². The molecule has 0 spiro atoms. The Morgan fingerprint density at radius 3 is 3.05 bits per heavy atom. The minimum absolute atomic E-state index is 0.00546. The van der Waals surface area contributed by atoms with Crippen molar-refractivity contribution in [1.29, 1.82) is 0 Å². The Morgan fingerprint density at radius 2 is 2.23 bits per heavy atom. The molecule has 2 aromatic rings. The van der Waals surface area contributed by atoms with Gasteiger partial charge in [-0.2, -0.15) is 0 Å². The Labute approximate surface area is 126 Å². The summed E-state index contributed by atoms with van der Waals surface area (Å²) in [5, 5.41) is 8.15. The molecule has 0 aliphatic carbocycles. The number of carbonyl (C=O) groups is 1. The zero-order valence-electron chi connectivity index (χ0n) is 12.2. The maximum atomic E-state index is 13.3. The first-order valence-electron chi connectivity index (χ1n) is 7.10. The van der Waals surface area contributed by atoms with Crippen LogP contribution in [0.1, 0.15) is 34.8 Å². The third-order valence-corrected chi connectivity index (χ3v) is 3.65. The summed E-state index contributed by atoms with van der Waals surface area (Å²) in [4.78, 5) is 12.1. The Hall–Kier alpha value is -2.44. The summed E-state index contributed by atoms with van der Waals surface area (Å²) in [6.07, 6.45) is 3.04. The summed E-state index contributed by atoms with van der Waals surface area (Å²) in [7, 11) is 1.42. The fraction of sp³-hybridized carbons (Fsp3) is 0.400. The van der Waals surface area contributed by atoms with Crippen molar-refractivity contribution in [1.82, 2.24) is 14.8 Å². The van der Waals surface area contributed by atoms with E-state index in [1.165, 1.54) is 19.2 Å². The van der Waals surface area contributed by atoms with Crippen LogP contribution < -0.4 is 4.74 Å². The van der Waals surface area contributed by atoms with E-state index in [1.807, 2.05) is 4.57 Å². The van der Waals surface area contributed by atoms with Gasteiger partial charge < -0.3 is 14.0 Å². The zero-order valence-corrected chi connectivity index (χ0v) is 12.2. The van der Waals surface area contributed by atoms with Crippen molar-refractivity contribution in [2.45, 2.75) is 32.4 Å². The van der Waals surface area contributed by atoms with Gasteiger partial charge in [0.05, 0.1) is 7.11 Å². The van der Waals surface area contributed by atoms with Gasteiger partial charge in [-0.15, -0.1) is 10.2 Å². The van der Waals surface area contributed by atoms with Gasteiger partial charge in [-0.1, -0.05) is 0 Å². The zero-order chi connectivity index (χ0) is 15.5. The first-order valence-corrected chi connectivity index (χ1v) is 7.10. The van der Waals surface area contributed by atoms with Crippen LogP contribution in [0, 0.1) is 5.82 Å². The minimum Gasteiger partial charge on any atom is -0.496 e. The molecular weight excluding hydrogens is 289 g/mol. The summed E-state index contributed by atoms with van der Waals surface area (Å²) in [5.74, 6) is 0.630. The third kappa shape index (κ3) is 2.79. The van der Waals surface area contributed by atoms with Gasteiger partial charge in [-0.3, -0.25) is 0 Å². The van der Waals surface area contributed by atoms with Crippen molar-refractivity contribution >= 4 is 5.97 Å². The third-order valence-electron chi connectivity index (χ3n) is 3.65. The molecule has 1 aromatic heterocycles. The van der Waals surface area contributed by atoms with Crippen LogP contribution in [0.15, 0.2) is 18.2 Å². The van der Waals surface area contributed by atoms with Crippen LogP contribution >= 0.6 is 0 Å². The number of aryl methyl sites for hydroxylation is 1. The molecule has 0 atom stereocenters. The van der Waals surface area contributed by atoms with E-state index in [1.54, 1.807) is 0 Å². The highest BCUT2D eigenvalue weighted by molar-refractivity contribution is 5.92. The van der Waals surface area contributed by atoms with Crippen molar-refractivity contribution in [2.75, 3.05) is 7.11 Å². The number of fused-ring (bicyclic) bond motifs is 1. The molecule has 0 saturated heterocycles. The highest BCUT2D eigenvalue weighted by Crippen LogP contribution is 2.21. The standard InChI is InChI=1S/C15H16FN3O3/c1-21-12-6-5-10(16)8-11(12)15(20)22-9-14-18-17-13-4-2-3-7-19(13)14/h5-6,8H,2-4,7,9H2,1H3. The lowest BCUT2D eigenvalue weighted by molar-refractivity contribution is 0.0452. The lowest BCUT2D eigenvalue weighted by atomic mass is 10.2. The molecule has 3 rings (SSSR count). The fourth-order valence-electron chi connectivity index (χ4n) is 2.52. The number of esters is 1. The van der Waals surface area contributed by atoms with Gasteiger partial charge in [0.2, 0.25) is 0 Å². The Bertz CT molecular complexity index is 699. The van der Waals surface area contributed by atoms with Crippen molar-refractivity contribution in [2.24, 2.45) is 0 Å². The first-order chi connectivity index (χ1) is 10.7. The minimum atomic E-state index is -0.649. The van der Waals surface area contributed by atoms with E-state index >= 15 is 0 Å². The van der Waals surface area contributed by atoms with Gasteiger partial charge in [0.15, 0.2) is 12.4 Å². The molecule has 2 heterocycles. The van der Waals surface area contributed by atoms with E-state index in [0.717, 1.165) is 37.7 Å². The molecule has 0 unspecified atom stereocenters. The van der Waals surface area contributed by atoms with Crippen molar-refractivity contribution in [3.63, 3.8) is 0 Å². The largest absolute Gasteiger partial charge is 0.496 e. The maximum Gasteiger partial charge on any atom is 0.342 e. The molecule has 1 aliphatic rings. The van der Waals surface area contributed by atoms with E-state index in [-0.39, 0.29) is 17.9 Å². The van der Waals surface area contributed by atoms with Crippen LogP contribution in [0.25, 0.3) is 0 Å². The summed E-state index contributed by atoms with van der Waals surface area (Å²) < 4.78 is 25.5. The number of carbonyl (C=O) groups excluding carboxylic acids is 1. The topological polar surface area (TPSA) is 66.2 Å². The number of aromatic nitrogens is 3. The second kappa shape index (κ2) is 6.13. The number of rotatable bonds is 4. The van der Waals surface area contributed by atoms with Gasteiger partial charge >= 0.3 is 5.97 Å². The Kier molecular flexibility index (Phi) is 4.04. The van der Waals surface area contributed by atoms with Crippen LogP contribution in [-0.2, 0) is 24.3 Å². The SMILES string of the molecule is COc1ccc(F)cc1C(=O)OCc1nnc2n1CCCC2. The summed E-state index contributed by atoms with van der Waals surface area (Å²) in [6, 6.07) is 3.72. The molecule has 116 valence electrons. The number of halogens is 1. The maximum absolute atomic E-state index is 13.3. The highest BCUT2D eigenvalue weighted by Gasteiger charge is 2.19. The normalized spacial score (nSPS) is 13.5. The molecule has 7 heteroatoms. The Balaban J connectivity index is 1.73. The molecule has 1 aliphatic heterocycles. The molecule has 0 saturated carbocycles. The van der Waals surface area contributed by atoms with Gasteiger partial charge in [0, 0.05) is 13.0 Å². The van der Waals surface area contributed by atoms with Gasteiger partial charge in [0.1, 0.15) is 23.0 Å². The lowest BCUT2D eigenvalue weighted by Gasteiger charge is -2.14. The number of hydrogen-bond acceptors (Lipinski definition) is 5.